The minimum atomic E-state index is 0.0702. The van der Waals surface area contributed by atoms with Crippen LogP contribution in [0.4, 0.5) is 0 Å². The van der Waals surface area contributed by atoms with Gasteiger partial charge in [-0.3, -0.25) is 4.79 Å². The molecule has 0 aliphatic carbocycles. The Balaban J connectivity index is 2.41. The number of aliphatic hydroxyl groups excluding tert-OH is 1. The third-order valence-corrected chi connectivity index (χ3v) is 3.66. The van der Waals surface area contributed by atoms with Crippen LogP contribution >= 0.6 is 15.9 Å². The monoisotopic (exact) mass is 327 g/mol. The summed E-state index contributed by atoms with van der Waals surface area (Å²) in [6, 6.07) is 8.19. The number of rotatable bonds is 7. The molecule has 2 unspecified atom stereocenters. The second-order valence-electron chi connectivity index (χ2n) is 4.99. The highest BCUT2D eigenvalue weighted by Crippen LogP contribution is 2.21. The normalized spacial score (nSPS) is 13.9. The van der Waals surface area contributed by atoms with Crippen molar-refractivity contribution in [1.82, 2.24) is 5.32 Å². The fraction of sp³-hybridized carbons (Fsp3) is 0.533. The molecule has 19 heavy (non-hydrogen) atoms. The molecule has 3 nitrogen and oxygen atoms in total. The molecule has 0 aliphatic heterocycles. The van der Waals surface area contributed by atoms with Crippen molar-refractivity contribution in [2.45, 2.75) is 45.1 Å². The Labute approximate surface area is 123 Å². The average molecular weight is 328 g/mol. The van der Waals surface area contributed by atoms with Crippen molar-refractivity contribution in [2.75, 3.05) is 6.61 Å². The van der Waals surface area contributed by atoms with Crippen molar-refractivity contribution in [3.8, 4) is 0 Å². The molecule has 0 fully saturated rings. The molecule has 4 heteroatoms. The zero-order chi connectivity index (χ0) is 14.3. The molecule has 0 aliphatic rings. The summed E-state index contributed by atoms with van der Waals surface area (Å²) in [6.45, 7) is 4.20. The van der Waals surface area contributed by atoms with Crippen LogP contribution in [0.15, 0.2) is 28.7 Å². The van der Waals surface area contributed by atoms with Gasteiger partial charge in [-0.2, -0.15) is 0 Å². The van der Waals surface area contributed by atoms with E-state index in [1.807, 2.05) is 31.2 Å². The van der Waals surface area contributed by atoms with Crippen LogP contribution < -0.4 is 5.32 Å². The molecule has 1 aromatic rings. The Kier molecular flexibility index (Phi) is 7.10. The SMILES string of the molecule is CC(CCCO)NC(=O)CC(C)c1ccc(Br)cc1. The summed E-state index contributed by atoms with van der Waals surface area (Å²) >= 11 is 3.40. The smallest absolute Gasteiger partial charge is 0.220 e. The van der Waals surface area contributed by atoms with Gasteiger partial charge < -0.3 is 10.4 Å². The van der Waals surface area contributed by atoms with Crippen molar-refractivity contribution in [2.24, 2.45) is 0 Å². The van der Waals surface area contributed by atoms with Gasteiger partial charge in [-0.1, -0.05) is 35.0 Å². The molecule has 1 aromatic carbocycles. The largest absolute Gasteiger partial charge is 0.396 e. The zero-order valence-electron chi connectivity index (χ0n) is 11.5. The van der Waals surface area contributed by atoms with Crippen molar-refractivity contribution < 1.29 is 9.90 Å². The number of amides is 1. The first kappa shape index (κ1) is 16.2. The van der Waals surface area contributed by atoms with Crippen LogP contribution in [-0.2, 0) is 4.79 Å². The van der Waals surface area contributed by atoms with E-state index in [0.717, 1.165) is 17.3 Å². The number of carbonyl (C=O) groups is 1. The Hall–Kier alpha value is -0.870. The number of nitrogens with one attached hydrogen (secondary N) is 1. The lowest BCUT2D eigenvalue weighted by molar-refractivity contribution is -0.122. The summed E-state index contributed by atoms with van der Waals surface area (Å²) in [5.74, 6) is 0.277. The van der Waals surface area contributed by atoms with Crippen LogP contribution in [0.3, 0.4) is 0 Å². The van der Waals surface area contributed by atoms with Gasteiger partial charge in [0, 0.05) is 23.5 Å². The van der Waals surface area contributed by atoms with Gasteiger partial charge in [-0.25, -0.2) is 0 Å². The maximum absolute atomic E-state index is 11.9. The molecule has 1 rings (SSSR count). The molecule has 1 amide bonds. The van der Waals surface area contributed by atoms with Crippen molar-refractivity contribution in [3.63, 3.8) is 0 Å². The van der Waals surface area contributed by atoms with E-state index in [1.54, 1.807) is 0 Å². The summed E-state index contributed by atoms with van der Waals surface area (Å²) in [5, 5.41) is 11.7. The number of halogens is 1. The molecule has 2 atom stereocenters. The lowest BCUT2D eigenvalue weighted by atomic mass is 9.97. The van der Waals surface area contributed by atoms with Gasteiger partial charge in [0.15, 0.2) is 0 Å². The number of hydrogen-bond acceptors (Lipinski definition) is 2. The maximum atomic E-state index is 11.9. The van der Waals surface area contributed by atoms with E-state index in [9.17, 15) is 4.79 Å². The predicted molar refractivity (Wildman–Crippen MR) is 81.1 cm³/mol. The highest BCUT2D eigenvalue weighted by molar-refractivity contribution is 9.10. The Bertz CT molecular complexity index is 392. The van der Waals surface area contributed by atoms with Crippen molar-refractivity contribution >= 4 is 21.8 Å². The summed E-state index contributed by atoms with van der Waals surface area (Å²) in [4.78, 5) is 11.9. The van der Waals surface area contributed by atoms with E-state index in [2.05, 4.69) is 28.2 Å². The van der Waals surface area contributed by atoms with E-state index >= 15 is 0 Å². The van der Waals surface area contributed by atoms with E-state index < -0.39 is 0 Å². The fourth-order valence-electron chi connectivity index (χ4n) is 1.99. The Morgan fingerprint density at radius 2 is 1.95 bits per heavy atom. The topological polar surface area (TPSA) is 49.3 Å². The first-order valence-corrected chi connectivity index (χ1v) is 7.48. The summed E-state index contributed by atoms with van der Waals surface area (Å²) in [6.07, 6.45) is 2.03. The average Bonchev–Trinajstić information content (AvgIpc) is 2.36. The van der Waals surface area contributed by atoms with E-state index in [-0.39, 0.29) is 24.5 Å². The minimum Gasteiger partial charge on any atom is -0.396 e. The summed E-state index contributed by atoms with van der Waals surface area (Å²) in [5.41, 5.74) is 1.17. The molecule has 0 aromatic heterocycles. The zero-order valence-corrected chi connectivity index (χ0v) is 13.1. The lowest BCUT2D eigenvalue weighted by Crippen LogP contribution is -2.33. The van der Waals surface area contributed by atoms with Crippen LogP contribution in [0.25, 0.3) is 0 Å². The predicted octanol–water partition coefficient (Wildman–Crippen LogP) is 3.22. The first-order valence-electron chi connectivity index (χ1n) is 6.68. The van der Waals surface area contributed by atoms with Crippen LogP contribution in [0.2, 0.25) is 0 Å². The summed E-state index contributed by atoms with van der Waals surface area (Å²) < 4.78 is 1.05. The molecular formula is C15H22BrNO2. The third kappa shape index (κ3) is 6.21. The quantitative estimate of drug-likeness (QED) is 0.807. The molecule has 0 saturated carbocycles. The molecule has 2 N–H and O–H groups in total. The van der Waals surface area contributed by atoms with Crippen LogP contribution in [0.1, 0.15) is 44.6 Å². The second kappa shape index (κ2) is 8.33. The van der Waals surface area contributed by atoms with Gasteiger partial charge in [0.25, 0.3) is 0 Å². The first-order chi connectivity index (χ1) is 9.02. The molecule has 0 radical (unpaired) electrons. The molecule has 0 bridgehead atoms. The van der Waals surface area contributed by atoms with Gasteiger partial charge in [0.1, 0.15) is 0 Å². The molecule has 0 saturated heterocycles. The van der Waals surface area contributed by atoms with Crippen LogP contribution in [0.5, 0.6) is 0 Å². The molecular weight excluding hydrogens is 306 g/mol. The van der Waals surface area contributed by atoms with E-state index in [1.165, 1.54) is 5.56 Å². The molecule has 0 spiro atoms. The number of carbonyl (C=O) groups excluding carboxylic acids is 1. The third-order valence-electron chi connectivity index (χ3n) is 3.13. The number of benzene rings is 1. The van der Waals surface area contributed by atoms with Crippen LogP contribution in [-0.4, -0.2) is 23.7 Å². The number of aliphatic hydroxyl groups is 1. The Morgan fingerprint density at radius 3 is 2.53 bits per heavy atom. The van der Waals surface area contributed by atoms with Gasteiger partial charge in [0.2, 0.25) is 5.91 Å². The van der Waals surface area contributed by atoms with E-state index in [4.69, 9.17) is 5.11 Å². The highest BCUT2D eigenvalue weighted by Gasteiger charge is 2.13. The van der Waals surface area contributed by atoms with Crippen molar-refractivity contribution in [1.29, 1.82) is 0 Å². The standard InChI is InChI=1S/C15H22BrNO2/c1-11(13-5-7-14(16)8-6-13)10-15(19)17-12(2)4-3-9-18/h5-8,11-12,18H,3-4,9-10H2,1-2H3,(H,17,19). The maximum Gasteiger partial charge on any atom is 0.220 e. The summed E-state index contributed by atoms with van der Waals surface area (Å²) in [7, 11) is 0. The van der Waals surface area contributed by atoms with Gasteiger partial charge in [-0.05, 0) is 43.4 Å². The Morgan fingerprint density at radius 1 is 1.32 bits per heavy atom. The van der Waals surface area contributed by atoms with Crippen molar-refractivity contribution in [3.05, 3.63) is 34.3 Å². The van der Waals surface area contributed by atoms with Gasteiger partial charge in [0.05, 0.1) is 0 Å². The second-order valence-corrected chi connectivity index (χ2v) is 5.91. The fourth-order valence-corrected chi connectivity index (χ4v) is 2.25. The number of hydrogen-bond donors (Lipinski definition) is 2. The van der Waals surface area contributed by atoms with Gasteiger partial charge >= 0.3 is 0 Å². The molecule has 0 heterocycles. The highest BCUT2D eigenvalue weighted by atomic mass is 79.9. The van der Waals surface area contributed by atoms with Gasteiger partial charge in [-0.15, -0.1) is 0 Å². The van der Waals surface area contributed by atoms with Crippen LogP contribution in [0, 0.1) is 0 Å². The molecule has 106 valence electrons. The minimum absolute atomic E-state index is 0.0702. The van der Waals surface area contributed by atoms with E-state index in [0.29, 0.717) is 6.42 Å². The lowest BCUT2D eigenvalue weighted by Gasteiger charge is -2.16.